The summed E-state index contributed by atoms with van der Waals surface area (Å²) < 4.78 is 19.7. The number of hydrogen-bond acceptors (Lipinski definition) is 4. The molecule has 3 heterocycles. The van der Waals surface area contributed by atoms with Crippen LogP contribution in [0.2, 0.25) is 0 Å². The first kappa shape index (κ1) is 24.2. The van der Waals surface area contributed by atoms with E-state index in [-0.39, 0.29) is 5.82 Å². The zero-order valence-electron chi connectivity index (χ0n) is 21.1. The Labute approximate surface area is 203 Å². The van der Waals surface area contributed by atoms with Crippen molar-refractivity contribution in [3.63, 3.8) is 0 Å². The van der Waals surface area contributed by atoms with E-state index in [0.29, 0.717) is 29.8 Å². The van der Waals surface area contributed by atoms with E-state index in [1.54, 1.807) is 19.2 Å². The molecule has 4 nitrogen and oxygen atoms in total. The van der Waals surface area contributed by atoms with Crippen molar-refractivity contribution in [3.8, 4) is 17.0 Å². The number of hydrogen-bond donors (Lipinski definition) is 0. The van der Waals surface area contributed by atoms with Crippen LogP contribution in [0.5, 0.6) is 5.75 Å². The number of anilines is 1. The molecule has 1 aliphatic heterocycles. The lowest BCUT2D eigenvalue weighted by atomic mass is 9.82. The fourth-order valence-electron chi connectivity index (χ4n) is 4.65. The number of pyridine rings is 2. The number of aromatic nitrogens is 2. The van der Waals surface area contributed by atoms with Crippen LogP contribution in [-0.4, -0.2) is 29.7 Å². The Hall–Kier alpha value is -2.95. The minimum atomic E-state index is -0.172. The van der Waals surface area contributed by atoms with Gasteiger partial charge in [0.05, 0.1) is 24.2 Å². The van der Waals surface area contributed by atoms with Crippen LogP contribution in [0.3, 0.4) is 0 Å². The maximum Gasteiger partial charge on any atom is 0.137 e. The predicted octanol–water partition coefficient (Wildman–Crippen LogP) is 6.71. The van der Waals surface area contributed by atoms with Gasteiger partial charge in [0, 0.05) is 37.0 Å². The van der Waals surface area contributed by atoms with Crippen LogP contribution in [0.1, 0.15) is 56.0 Å². The molecule has 2 aromatic heterocycles. The highest BCUT2D eigenvalue weighted by Crippen LogP contribution is 2.39. The highest BCUT2D eigenvalue weighted by atomic mass is 19.1. The van der Waals surface area contributed by atoms with Crippen LogP contribution in [0.25, 0.3) is 11.3 Å². The maximum atomic E-state index is 13.8. The molecule has 0 N–H and O–H groups in total. The Bertz CT molecular complexity index is 1130. The average Bonchev–Trinajstić information content (AvgIpc) is 2.82. The minimum absolute atomic E-state index is 0.172. The lowest BCUT2D eigenvalue weighted by Gasteiger charge is -2.40. The van der Waals surface area contributed by atoms with Crippen LogP contribution < -0.4 is 9.64 Å². The van der Waals surface area contributed by atoms with Gasteiger partial charge in [-0.05, 0) is 73.4 Å². The molecule has 0 unspecified atom stereocenters. The Morgan fingerprint density at radius 1 is 1.03 bits per heavy atom. The molecule has 1 fully saturated rings. The number of benzene rings is 1. The summed E-state index contributed by atoms with van der Waals surface area (Å²) in [5.74, 6) is 0.545. The van der Waals surface area contributed by atoms with Gasteiger partial charge in [0.15, 0.2) is 0 Å². The highest BCUT2D eigenvalue weighted by Gasteiger charge is 2.28. The van der Waals surface area contributed by atoms with Crippen LogP contribution in [0, 0.1) is 25.1 Å². The molecule has 0 radical (unpaired) electrons. The summed E-state index contributed by atoms with van der Waals surface area (Å²) in [6, 6.07) is 9.32. The SMILES string of the molecule is CCc1c(C)ncc(-c2ccc(OCCc3ccc(C)c(F)c3)cn2)c1N1CCC(C)(C)CC1. The topological polar surface area (TPSA) is 38.3 Å². The van der Waals surface area contributed by atoms with E-state index in [4.69, 9.17) is 14.7 Å². The number of ether oxygens (including phenoxy) is 1. The minimum Gasteiger partial charge on any atom is -0.492 e. The normalized spacial score (nSPS) is 15.4. The van der Waals surface area contributed by atoms with Crippen LogP contribution in [-0.2, 0) is 12.8 Å². The van der Waals surface area contributed by atoms with E-state index in [2.05, 4.69) is 32.6 Å². The molecule has 0 aliphatic carbocycles. The number of nitrogens with zero attached hydrogens (tertiary/aromatic N) is 3. The zero-order valence-corrected chi connectivity index (χ0v) is 21.1. The molecular weight excluding hydrogens is 425 g/mol. The van der Waals surface area contributed by atoms with Gasteiger partial charge >= 0.3 is 0 Å². The van der Waals surface area contributed by atoms with Crippen molar-refractivity contribution in [2.45, 2.75) is 60.3 Å². The first-order chi connectivity index (χ1) is 16.3. The number of rotatable bonds is 7. The number of piperidine rings is 1. The standard InChI is InChI=1S/C29H36FN3O/c1-6-24-21(3)31-19-25(28(24)33-14-12-29(4,5)13-15-33)27-10-9-23(18-32-27)34-16-11-22-8-7-20(2)26(30)17-22/h7-10,17-19H,6,11-16H2,1-5H3. The summed E-state index contributed by atoms with van der Waals surface area (Å²) >= 11 is 0. The molecule has 0 bridgehead atoms. The van der Waals surface area contributed by atoms with E-state index >= 15 is 0 Å². The van der Waals surface area contributed by atoms with Crippen molar-refractivity contribution in [3.05, 3.63) is 70.9 Å². The summed E-state index contributed by atoms with van der Waals surface area (Å²) in [4.78, 5) is 12.0. The fraction of sp³-hybridized carbons (Fsp3) is 0.448. The molecular formula is C29H36FN3O. The first-order valence-corrected chi connectivity index (χ1v) is 12.3. The summed E-state index contributed by atoms with van der Waals surface area (Å²) in [7, 11) is 0. The van der Waals surface area contributed by atoms with Crippen molar-refractivity contribution >= 4 is 5.69 Å². The van der Waals surface area contributed by atoms with Crippen molar-refractivity contribution in [2.75, 3.05) is 24.6 Å². The van der Waals surface area contributed by atoms with Crippen molar-refractivity contribution in [1.82, 2.24) is 9.97 Å². The summed E-state index contributed by atoms with van der Waals surface area (Å²) in [6.07, 6.45) is 7.71. The lowest BCUT2D eigenvalue weighted by Crippen LogP contribution is -2.38. The van der Waals surface area contributed by atoms with Gasteiger partial charge in [0.1, 0.15) is 11.6 Å². The van der Waals surface area contributed by atoms with Crippen molar-refractivity contribution in [2.24, 2.45) is 5.41 Å². The average molecular weight is 462 g/mol. The summed E-state index contributed by atoms with van der Waals surface area (Å²) in [5.41, 5.74) is 7.68. The van der Waals surface area contributed by atoms with Gasteiger partial charge in [-0.15, -0.1) is 0 Å². The molecule has 1 saturated heterocycles. The Balaban J connectivity index is 1.51. The molecule has 1 aromatic carbocycles. The second kappa shape index (κ2) is 10.1. The van der Waals surface area contributed by atoms with Gasteiger partial charge in [-0.2, -0.15) is 0 Å². The first-order valence-electron chi connectivity index (χ1n) is 12.3. The summed E-state index contributed by atoms with van der Waals surface area (Å²) in [5, 5.41) is 0. The molecule has 3 aromatic rings. The van der Waals surface area contributed by atoms with E-state index < -0.39 is 0 Å². The van der Waals surface area contributed by atoms with Gasteiger partial charge in [0.2, 0.25) is 0 Å². The molecule has 0 atom stereocenters. The zero-order chi connectivity index (χ0) is 24.3. The van der Waals surface area contributed by atoms with Gasteiger partial charge < -0.3 is 9.64 Å². The number of halogens is 1. The molecule has 1 aliphatic rings. The Morgan fingerprint density at radius 3 is 2.44 bits per heavy atom. The lowest BCUT2D eigenvalue weighted by molar-refractivity contribution is 0.279. The number of aryl methyl sites for hydroxylation is 2. The highest BCUT2D eigenvalue weighted by molar-refractivity contribution is 5.79. The molecule has 0 spiro atoms. The third kappa shape index (κ3) is 5.40. The second-order valence-corrected chi connectivity index (χ2v) is 10.2. The van der Waals surface area contributed by atoms with Crippen molar-refractivity contribution < 1.29 is 9.13 Å². The third-order valence-corrected chi connectivity index (χ3v) is 7.06. The van der Waals surface area contributed by atoms with Gasteiger partial charge in [0.25, 0.3) is 0 Å². The molecule has 34 heavy (non-hydrogen) atoms. The van der Waals surface area contributed by atoms with E-state index in [0.717, 1.165) is 42.0 Å². The van der Waals surface area contributed by atoms with E-state index in [9.17, 15) is 4.39 Å². The van der Waals surface area contributed by atoms with Gasteiger partial charge in [-0.3, -0.25) is 9.97 Å². The van der Waals surface area contributed by atoms with E-state index in [1.165, 1.54) is 24.1 Å². The van der Waals surface area contributed by atoms with Gasteiger partial charge in [-0.1, -0.05) is 32.9 Å². The van der Waals surface area contributed by atoms with Crippen LogP contribution in [0.15, 0.2) is 42.7 Å². The third-order valence-electron chi connectivity index (χ3n) is 7.06. The molecule has 0 amide bonds. The predicted molar refractivity (Wildman–Crippen MR) is 137 cm³/mol. The van der Waals surface area contributed by atoms with E-state index in [1.807, 2.05) is 30.5 Å². The monoisotopic (exact) mass is 461 g/mol. The Kier molecular flexibility index (Phi) is 7.20. The molecule has 4 rings (SSSR count). The maximum absolute atomic E-state index is 13.8. The van der Waals surface area contributed by atoms with Crippen LogP contribution in [0.4, 0.5) is 10.1 Å². The largest absolute Gasteiger partial charge is 0.492 e. The van der Waals surface area contributed by atoms with Crippen LogP contribution >= 0.6 is 0 Å². The smallest absolute Gasteiger partial charge is 0.137 e. The second-order valence-electron chi connectivity index (χ2n) is 10.2. The molecule has 180 valence electrons. The van der Waals surface area contributed by atoms with Crippen molar-refractivity contribution in [1.29, 1.82) is 0 Å². The fourth-order valence-corrected chi connectivity index (χ4v) is 4.65. The summed E-state index contributed by atoms with van der Waals surface area (Å²) in [6.45, 7) is 13.4. The quantitative estimate of drug-likeness (QED) is 0.392. The molecule has 0 saturated carbocycles. The van der Waals surface area contributed by atoms with Gasteiger partial charge in [-0.25, -0.2) is 4.39 Å². The Morgan fingerprint density at radius 2 is 1.79 bits per heavy atom. The molecule has 5 heteroatoms.